The van der Waals surface area contributed by atoms with Crippen LogP contribution in [0.2, 0.25) is 0 Å². The van der Waals surface area contributed by atoms with Crippen molar-refractivity contribution in [3.63, 3.8) is 0 Å². The average molecular weight is 363 g/mol. The highest BCUT2D eigenvalue weighted by atomic mass is 79.9. The van der Waals surface area contributed by atoms with Gasteiger partial charge in [0.2, 0.25) is 5.91 Å². The number of rotatable bonds is 2. The number of amides is 1. The first-order chi connectivity index (χ1) is 9.58. The van der Waals surface area contributed by atoms with E-state index in [-0.39, 0.29) is 0 Å². The van der Waals surface area contributed by atoms with Crippen molar-refractivity contribution in [2.24, 2.45) is 10.5 Å². The summed E-state index contributed by atoms with van der Waals surface area (Å²) in [6.45, 7) is 1.90. The van der Waals surface area contributed by atoms with Crippen LogP contribution >= 0.6 is 15.9 Å². The summed E-state index contributed by atoms with van der Waals surface area (Å²) in [6.07, 6.45) is -4.17. The van der Waals surface area contributed by atoms with E-state index >= 15 is 0 Å². The van der Waals surface area contributed by atoms with Crippen LogP contribution in [-0.2, 0) is 4.79 Å². The minimum Gasteiger partial charge on any atom is -0.272 e. The van der Waals surface area contributed by atoms with E-state index in [1.54, 1.807) is 38.1 Å². The molecule has 0 bridgehead atoms. The molecule has 114 valence electrons. The molecule has 0 spiro atoms. The quantitative estimate of drug-likeness (QED) is 0.783. The minimum absolute atomic E-state index is 0.307. The smallest absolute Gasteiger partial charge is 0.272 e. The molecule has 1 amide bonds. The number of alkyl halides is 3. The van der Waals surface area contributed by atoms with Crippen molar-refractivity contribution in [2.45, 2.75) is 26.4 Å². The van der Waals surface area contributed by atoms with Gasteiger partial charge in [-0.05, 0) is 17.7 Å². The van der Waals surface area contributed by atoms with Crippen LogP contribution in [0, 0.1) is 5.41 Å². The zero-order valence-electron chi connectivity index (χ0n) is 11.5. The Morgan fingerprint density at radius 1 is 1.29 bits per heavy atom. The fourth-order valence-electron chi connectivity index (χ4n) is 2.15. The van der Waals surface area contributed by atoms with Gasteiger partial charge in [0.25, 0.3) is 0 Å². The zero-order chi connectivity index (χ0) is 15.8. The van der Waals surface area contributed by atoms with E-state index in [2.05, 4.69) is 21.0 Å². The van der Waals surface area contributed by atoms with E-state index in [0.29, 0.717) is 22.7 Å². The Bertz CT molecular complexity index is 579. The lowest BCUT2D eigenvalue weighted by Gasteiger charge is -2.34. The van der Waals surface area contributed by atoms with Crippen LogP contribution in [0.1, 0.15) is 25.8 Å². The van der Waals surface area contributed by atoms with Gasteiger partial charge in [-0.1, -0.05) is 41.9 Å². The normalized spacial score (nSPS) is 18.7. The molecule has 1 heterocycles. The van der Waals surface area contributed by atoms with Crippen molar-refractivity contribution < 1.29 is 18.0 Å². The molecule has 1 aromatic rings. The van der Waals surface area contributed by atoms with Gasteiger partial charge in [0.1, 0.15) is 6.54 Å². The summed E-state index contributed by atoms with van der Waals surface area (Å²) in [7, 11) is 0. The van der Waals surface area contributed by atoms with Crippen LogP contribution in [0.15, 0.2) is 33.8 Å². The van der Waals surface area contributed by atoms with Gasteiger partial charge < -0.3 is 0 Å². The van der Waals surface area contributed by atoms with Gasteiger partial charge in [-0.25, -0.2) is 5.01 Å². The lowest BCUT2D eigenvalue weighted by molar-refractivity contribution is -0.167. The molecule has 2 rings (SSSR count). The van der Waals surface area contributed by atoms with E-state index in [4.69, 9.17) is 0 Å². The van der Waals surface area contributed by atoms with Gasteiger partial charge >= 0.3 is 6.18 Å². The Hall–Kier alpha value is -1.37. The summed E-state index contributed by atoms with van der Waals surface area (Å²) >= 11 is 3.30. The van der Waals surface area contributed by atoms with Crippen LogP contribution < -0.4 is 0 Å². The molecular formula is C14H14BrF3N2O. The van der Waals surface area contributed by atoms with E-state index in [1.807, 2.05) is 0 Å². The summed E-state index contributed by atoms with van der Waals surface area (Å²) in [4.78, 5) is 12.1. The lowest BCUT2D eigenvalue weighted by atomic mass is 9.83. The molecule has 3 nitrogen and oxygen atoms in total. The van der Waals surface area contributed by atoms with Gasteiger partial charge in [0, 0.05) is 10.9 Å². The van der Waals surface area contributed by atoms with Gasteiger partial charge in [-0.15, -0.1) is 0 Å². The molecule has 0 atom stereocenters. The molecule has 1 aliphatic heterocycles. The van der Waals surface area contributed by atoms with Crippen molar-refractivity contribution in [2.75, 3.05) is 6.54 Å². The minimum atomic E-state index is -4.47. The Morgan fingerprint density at radius 2 is 1.86 bits per heavy atom. The molecular weight excluding hydrogens is 349 g/mol. The molecule has 0 aliphatic carbocycles. The van der Waals surface area contributed by atoms with E-state index < -0.39 is 24.0 Å². The molecule has 1 aliphatic rings. The average Bonchev–Trinajstić information content (AvgIpc) is 2.34. The van der Waals surface area contributed by atoms with Crippen LogP contribution in [0.25, 0.3) is 0 Å². The molecule has 0 saturated heterocycles. The first-order valence-electron chi connectivity index (χ1n) is 6.31. The third-order valence-electron chi connectivity index (χ3n) is 3.17. The highest BCUT2D eigenvalue weighted by molar-refractivity contribution is 9.10. The van der Waals surface area contributed by atoms with Crippen molar-refractivity contribution in [1.82, 2.24) is 5.01 Å². The SMILES string of the molecule is CC1(C)CC(c2ccc(Br)cc2)=NN(CC(F)(F)F)C1=O. The van der Waals surface area contributed by atoms with Crippen LogP contribution in [-0.4, -0.2) is 29.3 Å². The predicted molar refractivity (Wildman–Crippen MR) is 76.8 cm³/mol. The van der Waals surface area contributed by atoms with Gasteiger partial charge in [0.15, 0.2) is 0 Å². The Balaban J connectivity index is 2.38. The second kappa shape index (κ2) is 5.44. The Morgan fingerprint density at radius 3 is 2.38 bits per heavy atom. The maximum absolute atomic E-state index is 12.6. The van der Waals surface area contributed by atoms with E-state index in [9.17, 15) is 18.0 Å². The summed E-state index contributed by atoms with van der Waals surface area (Å²) in [5, 5.41) is 4.44. The first-order valence-corrected chi connectivity index (χ1v) is 7.10. The molecule has 1 aromatic carbocycles. The van der Waals surface area contributed by atoms with Crippen LogP contribution in [0.3, 0.4) is 0 Å². The van der Waals surface area contributed by atoms with Crippen LogP contribution in [0.4, 0.5) is 13.2 Å². The summed E-state index contributed by atoms with van der Waals surface area (Å²) in [5.74, 6) is -0.610. The molecule has 0 fully saturated rings. The van der Waals surface area contributed by atoms with Crippen molar-refractivity contribution in [3.05, 3.63) is 34.3 Å². The fourth-order valence-corrected chi connectivity index (χ4v) is 2.41. The number of hydrogen-bond acceptors (Lipinski definition) is 2. The molecule has 21 heavy (non-hydrogen) atoms. The first kappa shape index (κ1) is 16.0. The Kier molecular flexibility index (Phi) is 4.15. The second-order valence-electron chi connectivity index (χ2n) is 5.59. The number of hydrazone groups is 1. The number of hydrogen-bond donors (Lipinski definition) is 0. The fraction of sp³-hybridized carbons (Fsp3) is 0.429. The molecule has 0 aromatic heterocycles. The van der Waals surface area contributed by atoms with Crippen molar-refractivity contribution in [3.8, 4) is 0 Å². The number of nitrogens with zero attached hydrogens (tertiary/aromatic N) is 2. The number of benzene rings is 1. The van der Waals surface area contributed by atoms with E-state index in [0.717, 1.165) is 4.47 Å². The summed E-state index contributed by atoms with van der Waals surface area (Å²) < 4.78 is 38.6. The Labute approximate surface area is 128 Å². The molecule has 0 saturated carbocycles. The maximum Gasteiger partial charge on any atom is 0.408 e. The topological polar surface area (TPSA) is 32.7 Å². The number of carbonyl (C=O) groups is 1. The van der Waals surface area contributed by atoms with Crippen molar-refractivity contribution in [1.29, 1.82) is 0 Å². The highest BCUT2D eigenvalue weighted by Crippen LogP contribution is 2.32. The highest BCUT2D eigenvalue weighted by Gasteiger charge is 2.42. The zero-order valence-corrected chi connectivity index (χ0v) is 13.1. The summed E-state index contributed by atoms with van der Waals surface area (Å²) in [6, 6.07) is 7.10. The number of carbonyl (C=O) groups excluding carboxylic acids is 1. The third kappa shape index (κ3) is 3.84. The second-order valence-corrected chi connectivity index (χ2v) is 6.51. The maximum atomic E-state index is 12.6. The molecule has 0 radical (unpaired) electrons. The van der Waals surface area contributed by atoms with Gasteiger partial charge in [0.05, 0.1) is 11.1 Å². The molecule has 0 N–H and O–H groups in total. The van der Waals surface area contributed by atoms with Gasteiger partial charge in [-0.3, -0.25) is 4.79 Å². The third-order valence-corrected chi connectivity index (χ3v) is 3.70. The lowest BCUT2D eigenvalue weighted by Crippen LogP contribution is -2.47. The monoisotopic (exact) mass is 362 g/mol. The van der Waals surface area contributed by atoms with Crippen molar-refractivity contribution >= 4 is 27.5 Å². The standard InChI is InChI=1S/C14H14BrF3N2O/c1-13(2)7-11(9-3-5-10(15)6-4-9)19-20(12(13)21)8-14(16,17)18/h3-6H,7-8H2,1-2H3. The van der Waals surface area contributed by atoms with Gasteiger partial charge in [-0.2, -0.15) is 18.3 Å². The van der Waals surface area contributed by atoms with E-state index in [1.165, 1.54) is 0 Å². The molecule has 0 unspecified atom stereocenters. The van der Waals surface area contributed by atoms with Crippen LogP contribution in [0.5, 0.6) is 0 Å². The largest absolute Gasteiger partial charge is 0.408 e. The predicted octanol–water partition coefficient (Wildman–Crippen LogP) is 3.97. The molecule has 7 heteroatoms. The number of halogens is 4. The summed E-state index contributed by atoms with van der Waals surface area (Å²) in [5.41, 5.74) is 0.289.